The molecule has 0 spiro atoms. The van der Waals surface area contributed by atoms with Crippen LogP contribution in [0.5, 0.6) is 0 Å². The third-order valence-electron chi connectivity index (χ3n) is 3.95. The fourth-order valence-electron chi connectivity index (χ4n) is 2.54. The SMILES string of the molecule is Fc1cn[nH]c1-c1nc(CC2CC2)nn1Cc1ccc(Cl)cc1. The van der Waals surface area contributed by atoms with E-state index in [0.29, 0.717) is 23.3 Å². The van der Waals surface area contributed by atoms with Crippen molar-refractivity contribution in [2.45, 2.75) is 25.8 Å². The van der Waals surface area contributed by atoms with Gasteiger partial charge in [0.2, 0.25) is 0 Å². The number of hydrogen-bond acceptors (Lipinski definition) is 3. The summed E-state index contributed by atoms with van der Waals surface area (Å²) in [6.07, 6.45) is 4.44. The number of aromatic amines is 1. The Labute approximate surface area is 137 Å². The minimum absolute atomic E-state index is 0.272. The van der Waals surface area contributed by atoms with Crippen LogP contribution in [0.25, 0.3) is 11.5 Å². The molecule has 1 N–H and O–H groups in total. The number of hydrogen-bond donors (Lipinski definition) is 1. The van der Waals surface area contributed by atoms with Crippen LogP contribution in [0.1, 0.15) is 24.2 Å². The van der Waals surface area contributed by atoms with E-state index in [1.165, 1.54) is 12.8 Å². The van der Waals surface area contributed by atoms with Crippen LogP contribution in [0.2, 0.25) is 5.02 Å². The summed E-state index contributed by atoms with van der Waals surface area (Å²) in [5.74, 6) is 1.48. The molecule has 7 heteroatoms. The minimum Gasteiger partial charge on any atom is -0.272 e. The van der Waals surface area contributed by atoms with E-state index in [-0.39, 0.29) is 5.69 Å². The van der Waals surface area contributed by atoms with Crippen LogP contribution in [0.4, 0.5) is 4.39 Å². The largest absolute Gasteiger partial charge is 0.272 e. The molecule has 0 saturated heterocycles. The fraction of sp³-hybridized carbons (Fsp3) is 0.312. The molecule has 0 unspecified atom stereocenters. The van der Waals surface area contributed by atoms with Crippen LogP contribution in [-0.4, -0.2) is 25.0 Å². The highest BCUT2D eigenvalue weighted by Gasteiger charge is 2.25. The third kappa shape index (κ3) is 3.12. The maximum Gasteiger partial charge on any atom is 0.179 e. The van der Waals surface area contributed by atoms with Crippen LogP contribution in [0.15, 0.2) is 30.5 Å². The Balaban J connectivity index is 1.69. The van der Waals surface area contributed by atoms with Crippen molar-refractivity contribution in [3.05, 3.63) is 52.7 Å². The molecule has 1 fully saturated rings. The molecule has 0 aliphatic heterocycles. The van der Waals surface area contributed by atoms with Gasteiger partial charge >= 0.3 is 0 Å². The highest BCUT2D eigenvalue weighted by molar-refractivity contribution is 6.30. The highest BCUT2D eigenvalue weighted by Crippen LogP contribution is 2.32. The number of H-pyrrole nitrogens is 1. The van der Waals surface area contributed by atoms with E-state index in [0.717, 1.165) is 24.0 Å². The minimum atomic E-state index is -0.423. The van der Waals surface area contributed by atoms with E-state index in [9.17, 15) is 4.39 Å². The monoisotopic (exact) mass is 331 g/mol. The molecule has 4 rings (SSSR count). The van der Waals surface area contributed by atoms with Gasteiger partial charge in [-0.3, -0.25) is 5.10 Å². The third-order valence-corrected chi connectivity index (χ3v) is 4.20. The second kappa shape index (κ2) is 5.77. The zero-order chi connectivity index (χ0) is 15.8. The fourth-order valence-corrected chi connectivity index (χ4v) is 2.67. The van der Waals surface area contributed by atoms with Gasteiger partial charge < -0.3 is 0 Å². The van der Waals surface area contributed by atoms with Crippen molar-refractivity contribution < 1.29 is 4.39 Å². The Hall–Kier alpha value is -2.21. The van der Waals surface area contributed by atoms with Crippen LogP contribution >= 0.6 is 11.6 Å². The number of aromatic nitrogens is 5. The lowest BCUT2D eigenvalue weighted by Crippen LogP contribution is -2.05. The summed E-state index contributed by atoms with van der Waals surface area (Å²) < 4.78 is 15.6. The number of nitrogens with one attached hydrogen (secondary N) is 1. The molecule has 1 aliphatic rings. The number of nitrogens with zero attached hydrogens (tertiary/aromatic N) is 4. The number of benzene rings is 1. The summed E-state index contributed by atoms with van der Waals surface area (Å²) >= 11 is 5.92. The van der Waals surface area contributed by atoms with Crippen molar-refractivity contribution in [3.63, 3.8) is 0 Å². The molecular weight excluding hydrogens is 317 g/mol. The molecule has 5 nitrogen and oxygen atoms in total. The molecule has 0 radical (unpaired) electrons. The van der Waals surface area contributed by atoms with Gasteiger partial charge in [-0.2, -0.15) is 10.2 Å². The molecule has 1 aliphatic carbocycles. The lowest BCUT2D eigenvalue weighted by Gasteiger charge is -2.05. The maximum atomic E-state index is 13.9. The van der Waals surface area contributed by atoms with Gasteiger partial charge in [0, 0.05) is 11.4 Å². The molecule has 0 atom stereocenters. The summed E-state index contributed by atoms with van der Waals surface area (Å²) in [6.45, 7) is 0.503. The maximum absolute atomic E-state index is 13.9. The van der Waals surface area contributed by atoms with Crippen LogP contribution < -0.4 is 0 Å². The Morgan fingerprint density at radius 2 is 2.04 bits per heavy atom. The van der Waals surface area contributed by atoms with E-state index in [1.54, 1.807) is 4.68 Å². The van der Waals surface area contributed by atoms with Gasteiger partial charge in [-0.15, -0.1) is 0 Å². The molecule has 1 aromatic carbocycles. The normalized spacial score (nSPS) is 14.3. The summed E-state index contributed by atoms with van der Waals surface area (Å²) in [7, 11) is 0. The van der Waals surface area contributed by atoms with Crippen molar-refractivity contribution in [2.24, 2.45) is 5.92 Å². The van der Waals surface area contributed by atoms with Gasteiger partial charge in [0.25, 0.3) is 0 Å². The predicted molar refractivity (Wildman–Crippen MR) is 84.5 cm³/mol. The van der Waals surface area contributed by atoms with Crippen molar-refractivity contribution >= 4 is 11.6 Å². The Morgan fingerprint density at radius 1 is 1.26 bits per heavy atom. The van der Waals surface area contributed by atoms with Crippen LogP contribution in [-0.2, 0) is 13.0 Å². The van der Waals surface area contributed by atoms with Crippen LogP contribution in [0.3, 0.4) is 0 Å². The van der Waals surface area contributed by atoms with Gasteiger partial charge in [0.15, 0.2) is 17.5 Å². The first-order valence-corrected chi connectivity index (χ1v) is 7.94. The van der Waals surface area contributed by atoms with Gasteiger partial charge in [0.1, 0.15) is 5.69 Å². The zero-order valence-corrected chi connectivity index (χ0v) is 13.1. The molecule has 0 bridgehead atoms. The summed E-state index contributed by atoms with van der Waals surface area (Å²) in [5, 5.41) is 11.7. The number of rotatable bonds is 5. The van der Waals surface area contributed by atoms with E-state index in [1.807, 2.05) is 24.3 Å². The standard InChI is InChI=1S/C16H15ClFN5/c17-12-5-3-11(4-6-12)9-23-16(15-13(18)8-19-21-15)20-14(22-23)7-10-1-2-10/h3-6,8,10H,1-2,7,9H2,(H,19,21). The van der Waals surface area contributed by atoms with Gasteiger partial charge in [-0.25, -0.2) is 14.1 Å². The van der Waals surface area contributed by atoms with Crippen molar-refractivity contribution in [1.29, 1.82) is 0 Å². The van der Waals surface area contributed by atoms with Crippen LogP contribution in [0, 0.1) is 11.7 Å². The summed E-state index contributed by atoms with van der Waals surface area (Å²) in [5.41, 5.74) is 1.30. The first kappa shape index (κ1) is 14.4. The first-order valence-electron chi connectivity index (χ1n) is 7.56. The average molecular weight is 332 g/mol. The first-order chi connectivity index (χ1) is 11.2. The molecule has 23 heavy (non-hydrogen) atoms. The molecule has 1 saturated carbocycles. The molecule has 2 heterocycles. The van der Waals surface area contributed by atoms with E-state index in [4.69, 9.17) is 11.6 Å². The second-order valence-electron chi connectivity index (χ2n) is 5.88. The van der Waals surface area contributed by atoms with Crippen molar-refractivity contribution in [3.8, 4) is 11.5 Å². The van der Waals surface area contributed by atoms with E-state index < -0.39 is 5.82 Å². The second-order valence-corrected chi connectivity index (χ2v) is 6.31. The van der Waals surface area contributed by atoms with Gasteiger partial charge in [-0.1, -0.05) is 23.7 Å². The van der Waals surface area contributed by atoms with Gasteiger partial charge in [-0.05, 0) is 36.5 Å². The van der Waals surface area contributed by atoms with Crippen molar-refractivity contribution in [1.82, 2.24) is 25.0 Å². The summed E-state index contributed by atoms with van der Waals surface area (Å²) in [4.78, 5) is 4.52. The lowest BCUT2D eigenvalue weighted by molar-refractivity contribution is 0.623. The Kier molecular flexibility index (Phi) is 3.61. The predicted octanol–water partition coefficient (Wildman–Crippen LogP) is 3.46. The topological polar surface area (TPSA) is 59.4 Å². The van der Waals surface area contributed by atoms with Gasteiger partial charge in [0.05, 0.1) is 12.7 Å². The molecule has 2 aromatic heterocycles. The molecule has 3 aromatic rings. The molecular formula is C16H15ClFN5. The smallest absolute Gasteiger partial charge is 0.179 e. The average Bonchev–Trinajstić information content (AvgIpc) is 3.11. The Bertz CT molecular complexity index is 819. The van der Waals surface area contributed by atoms with E-state index >= 15 is 0 Å². The zero-order valence-electron chi connectivity index (χ0n) is 12.3. The highest BCUT2D eigenvalue weighted by atomic mass is 35.5. The summed E-state index contributed by atoms with van der Waals surface area (Å²) in [6, 6.07) is 7.51. The lowest BCUT2D eigenvalue weighted by atomic mass is 10.2. The molecule has 118 valence electrons. The Morgan fingerprint density at radius 3 is 2.70 bits per heavy atom. The number of halogens is 2. The van der Waals surface area contributed by atoms with E-state index in [2.05, 4.69) is 20.3 Å². The quantitative estimate of drug-likeness (QED) is 0.779. The molecule has 0 amide bonds. The van der Waals surface area contributed by atoms with Crippen molar-refractivity contribution in [2.75, 3.05) is 0 Å².